The monoisotopic (exact) mass is 694 g/mol. The molecule has 1 amide bonds. The van der Waals surface area contributed by atoms with Crippen LogP contribution in [0.5, 0.6) is 0 Å². The third-order valence-corrected chi connectivity index (χ3v) is 10.9. The summed E-state index contributed by atoms with van der Waals surface area (Å²) >= 11 is 0. The van der Waals surface area contributed by atoms with Gasteiger partial charge in [-0.25, -0.2) is 0 Å². The number of aliphatic hydroxyl groups excluding tert-OH is 1. The summed E-state index contributed by atoms with van der Waals surface area (Å²) in [6.45, 7) is 20.0. The molecular formula is C37H66N4O8. The quantitative estimate of drug-likeness (QED) is 0.283. The van der Waals surface area contributed by atoms with E-state index in [1.807, 2.05) is 52.0 Å². The number of aliphatic hydroxyl groups is 1. The summed E-state index contributed by atoms with van der Waals surface area (Å²) in [7, 11) is 11.4. The fraction of sp³-hybridized carbons (Fsp3) is 0.865. The van der Waals surface area contributed by atoms with E-state index in [1.165, 1.54) is 0 Å². The van der Waals surface area contributed by atoms with Crippen molar-refractivity contribution >= 4 is 17.7 Å². The topological polar surface area (TPSA) is 121 Å². The maximum absolute atomic E-state index is 14.3. The molecular weight excluding hydrogens is 628 g/mol. The molecule has 0 aliphatic carbocycles. The zero-order valence-electron chi connectivity index (χ0n) is 32.6. The maximum Gasteiger partial charge on any atom is 0.319 e. The summed E-state index contributed by atoms with van der Waals surface area (Å²) in [5, 5.41) is 11.3. The molecule has 0 aromatic carbocycles. The second-order valence-electron chi connectivity index (χ2n) is 17.2. The number of likely N-dealkylation sites (tertiary alicyclic amines) is 1. The van der Waals surface area contributed by atoms with Crippen LogP contribution in [0.4, 0.5) is 0 Å². The van der Waals surface area contributed by atoms with Crippen LogP contribution in [0.1, 0.15) is 67.7 Å². The van der Waals surface area contributed by atoms with Crippen molar-refractivity contribution in [3.63, 3.8) is 0 Å². The molecule has 0 unspecified atom stereocenters. The average molecular weight is 695 g/mol. The molecule has 3 saturated heterocycles. The van der Waals surface area contributed by atoms with E-state index in [2.05, 4.69) is 37.1 Å². The minimum Gasteiger partial charge on any atom is -0.467 e. The Bertz CT molecular complexity index is 1180. The summed E-state index contributed by atoms with van der Waals surface area (Å²) < 4.78 is 24.7. The lowest BCUT2D eigenvalue weighted by Crippen LogP contribution is -2.60. The molecule has 0 radical (unpaired) electrons. The summed E-state index contributed by atoms with van der Waals surface area (Å²) in [6, 6.07) is -0.436. The van der Waals surface area contributed by atoms with Crippen molar-refractivity contribution in [2.45, 2.75) is 104 Å². The number of cyclic esters (lactones) is 1. The van der Waals surface area contributed by atoms with E-state index in [1.54, 1.807) is 27.9 Å². The van der Waals surface area contributed by atoms with Crippen LogP contribution in [0.3, 0.4) is 0 Å². The third kappa shape index (κ3) is 9.83. The van der Waals surface area contributed by atoms with Gasteiger partial charge in [0.1, 0.15) is 18.1 Å². The van der Waals surface area contributed by atoms with Crippen LogP contribution in [0, 0.1) is 28.6 Å². The number of ether oxygens (including phenoxy) is 4. The highest BCUT2D eigenvalue weighted by Gasteiger charge is 2.52. The Kier molecular flexibility index (Phi) is 13.6. The van der Waals surface area contributed by atoms with Gasteiger partial charge >= 0.3 is 5.97 Å². The van der Waals surface area contributed by atoms with E-state index in [9.17, 15) is 19.5 Å². The zero-order valence-corrected chi connectivity index (χ0v) is 32.6. The lowest BCUT2D eigenvalue weighted by atomic mass is 9.74. The molecule has 3 fully saturated rings. The third-order valence-electron chi connectivity index (χ3n) is 10.9. The first-order valence-electron chi connectivity index (χ1n) is 17.8. The zero-order chi connectivity index (χ0) is 37.2. The molecule has 12 heteroatoms. The second kappa shape index (κ2) is 16.1. The van der Waals surface area contributed by atoms with Crippen molar-refractivity contribution in [2.75, 3.05) is 75.1 Å². The van der Waals surface area contributed by atoms with Crippen LogP contribution in [0.15, 0.2) is 12.3 Å². The van der Waals surface area contributed by atoms with Crippen molar-refractivity contribution < 1.29 is 38.4 Å². The second-order valence-corrected chi connectivity index (χ2v) is 17.2. The first kappa shape index (κ1) is 41.3. The molecule has 0 bridgehead atoms. The highest BCUT2D eigenvalue weighted by atomic mass is 16.7. The number of ketones is 1. The molecule has 3 aliphatic rings. The normalized spacial score (nSPS) is 34.5. The largest absolute Gasteiger partial charge is 0.467 e. The number of nitrogens with zero attached hydrogens (tertiary/aromatic N) is 4. The predicted molar refractivity (Wildman–Crippen MR) is 189 cm³/mol. The Morgan fingerprint density at radius 2 is 1.71 bits per heavy atom. The van der Waals surface area contributed by atoms with E-state index in [0.717, 1.165) is 6.54 Å². The van der Waals surface area contributed by atoms with Crippen LogP contribution >= 0.6 is 0 Å². The molecule has 12 nitrogen and oxygen atoms in total. The van der Waals surface area contributed by atoms with Crippen LogP contribution in [-0.2, 0) is 33.3 Å². The van der Waals surface area contributed by atoms with Gasteiger partial charge in [-0.2, -0.15) is 0 Å². The number of methoxy groups -OCH3 is 1. The molecule has 0 aromatic heterocycles. The van der Waals surface area contributed by atoms with Gasteiger partial charge in [-0.15, -0.1) is 0 Å². The lowest BCUT2D eigenvalue weighted by molar-refractivity contribution is -0.267. The average Bonchev–Trinajstić information content (AvgIpc) is 2.95. The molecule has 8 atom stereocenters. The number of rotatable bonds is 9. The standard InChI is InChI=1S/C37H66N4O8/c1-23-16-37(8,46-14)32(49-33-30(43)27(39(11)12)15-24(2)48-33)25(3)31(44)36(6,7)34(45)47-21-28(40(13)18-23)26-19-41(20-26)29(42)17-35(4,5)22-38(9)10/h23,25-28,30,32-33,43H,2,15-22H2,1,3-14H3/t23-,25+,27+,28+,30-,32-,33+,37-/m1/s1. The highest BCUT2D eigenvalue weighted by molar-refractivity contribution is 6.04. The summed E-state index contributed by atoms with van der Waals surface area (Å²) in [6.07, 6.45) is -1.55. The number of likely N-dealkylation sites (N-methyl/N-ethyl adjacent to an activating group) is 2. The Hall–Kier alpha value is -2.09. The fourth-order valence-electron chi connectivity index (χ4n) is 8.21. The smallest absolute Gasteiger partial charge is 0.319 e. The SMILES string of the molecule is C=C1C[C@H](N(C)C)[C@@H](O)[C@H](O[C@@H]2[C@@H](C)C(=O)C(C)(C)C(=O)OC[C@@H](C3CN(C(=O)CC(C)(C)CN(C)C)C3)N(C)C[C@H](C)C[C@@]2(C)OC)O1. The number of hydrogen-bond donors (Lipinski definition) is 1. The first-order chi connectivity index (χ1) is 22.5. The lowest BCUT2D eigenvalue weighted by Gasteiger charge is -2.47. The molecule has 0 aromatic rings. The van der Waals surface area contributed by atoms with Gasteiger partial charge in [-0.3, -0.25) is 19.3 Å². The molecule has 282 valence electrons. The Morgan fingerprint density at radius 1 is 1.10 bits per heavy atom. The Labute approximate surface area is 295 Å². The first-order valence-corrected chi connectivity index (χ1v) is 17.8. The van der Waals surface area contributed by atoms with Crippen LogP contribution in [0.2, 0.25) is 0 Å². The van der Waals surface area contributed by atoms with Gasteiger partial charge < -0.3 is 38.8 Å². The number of amides is 1. The molecule has 1 N–H and O–H groups in total. The Morgan fingerprint density at radius 3 is 2.27 bits per heavy atom. The van der Waals surface area contributed by atoms with E-state index in [0.29, 0.717) is 44.7 Å². The highest BCUT2D eigenvalue weighted by Crippen LogP contribution is 2.39. The summed E-state index contributed by atoms with van der Waals surface area (Å²) in [5.74, 6) is -0.980. The number of carbonyl (C=O) groups is 3. The van der Waals surface area contributed by atoms with Crippen LogP contribution < -0.4 is 0 Å². The van der Waals surface area contributed by atoms with Gasteiger partial charge in [0.25, 0.3) is 0 Å². The van der Waals surface area contributed by atoms with Crippen molar-refractivity contribution in [3.05, 3.63) is 12.3 Å². The molecule has 3 aliphatic heterocycles. The molecule has 3 heterocycles. The van der Waals surface area contributed by atoms with Gasteiger partial charge in [-0.05, 0) is 73.8 Å². The van der Waals surface area contributed by atoms with Gasteiger partial charge in [0.05, 0.1) is 17.5 Å². The van der Waals surface area contributed by atoms with Gasteiger partial charge in [0, 0.05) is 70.0 Å². The van der Waals surface area contributed by atoms with Gasteiger partial charge in [0.2, 0.25) is 12.2 Å². The molecule has 3 rings (SSSR count). The van der Waals surface area contributed by atoms with Crippen molar-refractivity contribution in [3.8, 4) is 0 Å². The van der Waals surface area contributed by atoms with E-state index in [-0.39, 0.29) is 47.6 Å². The van der Waals surface area contributed by atoms with E-state index in [4.69, 9.17) is 18.9 Å². The van der Waals surface area contributed by atoms with Crippen molar-refractivity contribution in [1.82, 2.24) is 19.6 Å². The van der Waals surface area contributed by atoms with Gasteiger partial charge in [-0.1, -0.05) is 34.3 Å². The predicted octanol–water partition coefficient (Wildman–Crippen LogP) is 2.88. The molecule has 0 saturated carbocycles. The molecule has 49 heavy (non-hydrogen) atoms. The van der Waals surface area contributed by atoms with Crippen molar-refractivity contribution in [1.29, 1.82) is 0 Å². The minimum atomic E-state index is -1.49. The molecule has 0 spiro atoms. The fourth-order valence-corrected chi connectivity index (χ4v) is 8.21. The van der Waals surface area contributed by atoms with E-state index < -0.39 is 41.4 Å². The summed E-state index contributed by atoms with van der Waals surface area (Å²) in [5.41, 5.74) is -2.62. The maximum atomic E-state index is 14.3. The Balaban J connectivity index is 1.88. The van der Waals surface area contributed by atoms with Gasteiger partial charge in [0.15, 0.2) is 5.78 Å². The van der Waals surface area contributed by atoms with Crippen LogP contribution in [0.25, 0.3) is 0 Å². The number of hydrogen-bond acceptors (Lipinski definition) is 11. The van der Waals surface area contributed by atoms with Crippen molar-refractivity contribution in [2.24, 2.45) is 28.6 Å². The number of esters is 1. The summed E-state index contributed by atoms with van der Waals surface area (Å²) in [4.78, 5) is 49.3. The number of Topliss-reactive ketones (excluding diaryl/α,β-unsaturated/α-hetero) is 1. The minimum absolute atomic E-state index is 0.0710. The van der Waals surface area contributed by atoms with E-state index >= 15 is 0 Å². The number of carbonyl (C=O) groups excluding carboxylic acids is 3. The van der Waals surface area contributed by atoms with Crippen LogP contribution in [-0.4, -0.2) is 154 Å².